The fraction of sp³-hybridized carbons (Fsp3) is 0.111. The van der Waals surface area contributed by atoms with Crippen LogP contribution in [0.3, 0.4) is 0 Å². The van der Waals surface area contributed by atoms with Gasteiger partial charge in [-0.2, -0.15) is 4.98 Å². The minimum atomic E-state index is 0.555. The lowest BCUT2D eigenvalue weighted by molar-refractivity contribution is 1.16. The number of para-hydroxylation sites is 1. The Balaban J connectivity index is 1.79. The van der Waals surface area contributed by atoms with Crippen LogP contribution in [-0.4, -0.2) is 9.97 Å². The van der Waals surface area contributed by atoms with Gasteiger partial charge < -0.3 is 10.6 Å². The molecule has 0 aliphatic heterocycles. The first-order valence-electron chi connectivity index (χ1n) is 7.31. The highest BCUT2D eigenvalue weighted by atomic mass is 79.9. The number of aryl methyl sites for hydroxylation is 2. The molecule has 1 aromatic heterocycles. The number of hydrogen-bond acceptors (Lipinski definition) is 4. The Morgan fingerprint density at radius 3 is 2.52 bits per heavy atom. The molecule has 0 unspecified atom stereocenters. The predicted molar refractivity (Wildman–Crippen MR) is 98.7 cm³/mol. The summed E-state index contributed by atoms with van der Waals surface area (Å²) in [6.45, 7) is 4.11. The van der Waals surface area contributed by atoms with Crippen LogP contribution in [0.1, 0.15) is 11.1 Å². The molecule has 0 aliphatic carbocycles. The number of anilines is 4. The molecule has 23 heavy (non-hydrogen) atoms. The third kappa shape index (κ3) is 3.87. The summed E-state index contributed by atoms with van der Waals surface area (Å²) in [5, 5.41) is 6.54. The molecule has 0 spiro atoms. The number of hydrogen-bond donors (Lipinski definition) is 2. The summed E-state index contributed by atoms with van der Waals surface area (Å²) in [4.78, 5) is 8.78. The summed E-state index contributed by atoms with van der Waals surface area (Å²) in [6, 6.07) is 16.0. The average Bonchev–Trinajstić information content (AvgIpc) is 2.54. The summed E-state index contributed by atoms with van der Waals surface area (Å²) in [6.07, 6.45) is 1.74. The zero-order chi connectivity index (χ0) is 16.2. The number of halogens is 1. The van der Waals surface area contributed by atoms with Gasteiger partial charge in [-0.3, -0.25) is 0 Å². The summed E-state index contributed by atoms with van der Waals surface area (Å²) in [5.41, 5.74) is 4.33. The minimum absolute atomic E-state index is 0.555. The molecule has 3 rings (SSSR count). The topological polar surface area (TPSA) is 49.8 Å². The molecule has 5 heteroatoms. The Labute approximate surface area is 144 Å². The standard InChI is InChI=1S/C18H17BrN4/c1-12-7-8-14(11-15(12)19)21-18-20-10-9-17(23-18)22-16-6-4-3-5-13(16)2/h3-11H,1-2H3,(H2,20,21,22,23). The Morgan fingerprint density at radius 2 is 1.74 bits per heavy atom. The molecule has 4 nitrogen and oxygen atoms in total. The van der Waals surface area contributed by atoms with Crippen LogP contribution in [0.2, 0.25) is 0 Å². The number of aromatic nitrogens is 2. The molecule has 0 radical (unpaired) electrons. The molecule has 0 fully saturated rings. The monoisotopic (exact) mass is 368 g/mol. The predicted octanol–water partition coefficient (Wildman–Crippen LogP) is 5.34. The lowest BCUT2D eigenvalue weighted by Crippen LogP contribution is -2.01. The van der Waals surface area contributed by atoms with E-state index in [0.29, 0.717) is 5.95 Å². The maximum atomic E-state index is 4.51. The molecule has 116 valence electrons. The SMILES string of the molecule is Cc1ccc(Nc2nccc(Nc3ccccc3C)n2)cc1Br. The fourth-order valence-electron chi connectivity index (χ4n) is 2.14. The van der Waals surface area contributed by atoms with Gasteiger partial charge in [-0.05, 0) is 49.2 Å². The molecule has 3 aromatic rings. The number of rotatable bonds is 4. The third-order valence-corrected chi connectivity index (χ3v) is 4.35. The van der Waals surface area contributed by atoms with Gasteiger partial charge in [-0.25, -0.2) is 4.98 Å². The van der Waals surface area contributed by atoms with Crippen molar-refractivity contribution in [1.29, 1.82) is 0 Å². The van der Waals surface area contributed by atoms with Crippen molar-refractivity contribution >= 4 is 39.1 Å². The molecule has 0 atom stereocenters. The second-order valence-corrected chi connectivity index (χ2v) is 6.15. The first kappa shape index (κ1) is 15.5. The van der Waals surface area contributed by atoms with E-state index >= 15 is 0 Å². The van der Waals surface area contributed by atoms with E-state index in [1.807, 2.05) is 42.5 Å². The number of benzene rings is 2. The lowest BCUT2D eigenvalue weighted by Gasteiger charge is -2.10. The van der Waals surface area contributed by atoms with Crippen molar-refractivity contribution in [2.75, 3.05) is 10.6 Å². The maximum Gasteiger partial charge on any atom is 0.229 e. The van der Waals surface area contributed by atoms with Crippen LogP contribution in [0, 0.1) is 13.8 Å². The molecule has 0 saturated carbocycles. The molecular formula is C18H17BrN4. The molecule has 0 bridgehead atoms. The van der Waals surface area contributed by atoms with Crippen LogP contribution in [0.15, 0.2) is 59.2 Å². The second-order valence-electron chi connectivity index (χ2n) is 5.29. The Morgan fingerprint density at radius 1 is 0.913 bits per heavy atom. The quantitative estimate of drug-likeness (QED) is 0.652. The van der Waals surface area contributed by atoms with Gasteiger partial charge in [-0.1, -0.05) is 40.2 Å². The first-order valence-corrected chi connectivity index (χ1v) is 8.10. The van der Waals surface area contributed by atoms with E-state index in [9.17, 15) is 0 Å². The van der Waals surface area contributed by atoms with Crippen molar-refractivity contribution in [1.82, 2.24) is 9.97 Å². The van der Waals surface area contributed by atoms with Crippen molar-refractivity contribution in [2.45, 2.75) is 13.8 Å². The Hall–Kier alpha value is -2.40. The van der Waals surface area contributed by atoms with Gasteiger partial charge in [0.2, 0.25) is 5.95 Å². The van der Waals surface area contributed by atoms with Crippen molar-refractivity contribution in [2.24, 2.45) is 0 Å². The normalized spacial score (nSPS) is 10.4. The van der Waals surface area contributed by atoms with E-state index in [2.05, 4.69) is 56.4 Å². The van der Waals surface area contributed by atoms with Crippen LogP contribution in [0.25, 0.3) is 0 Å². The molecule has 0 amide bonds. The Bertz CT molecular complexity index is 833. The summed E-state index contributed by atoms with van der Waals surface area (Å²) in [7, 11) is 0. The molecule has 2 aromatic carbocycles. The molecule has 1 heterocycles. The largest absolute Gasteiger partial charge is 0.340 e. The van der Waals surface area contributed by atoms with Gasteiger partial charge in [-0.15, -0.1) is 0 Å². The van der Waals surface area contributed by atoms with E-state index in [1.165, 1.54) is 11.1 Å². The summed E-state index contributed by atoms with van der Waals surface area (Å²) >= 11 is 3.53. The number of nitrogens with zero attached hydrogens (tertiary/aromatic N) is 2. The fourth-order valence-corrected chi connectivity index (χ4v) is 2.52. The second kappa shape index (κ2) is 6.79. The Kier molecular flexibility index (Phi) is 4.57. The smallest absolute Gasteiger partial charge is 0.229 e. The lowest BCUT2D eigenvalue weighted by atomic mass is 10.2. The van der Waals surface area contributed by atoms with Gasteiger partial charge >= 0.3 is 0 Å². The average molecular weight is 369 g/mol. The van der Waals surface area contributed by atoms with Crippen molar-refractivity contribution in [3.63, 3.8) is 0 Å². The zero-order valence-electron chi connectivity index (χ0n) is 13.0. The van der Waals surface area contributed by atoms with Crippen LogP contribution < -0.4 is 10.6 Å². The maximum absolute atomic E-state index is 4.51. The van der Waals surface area contributed by atoms with E-state index in [1.54, 1.807) is 6.20 Å². The minimum Gasteiger partial charge on any atom is -0.340 e. The van der Waals surface area contributed by atoms with E-state index < -0.39 is 0 Å². The zero-order valence-corrected chi connectivity index (χ0v) is 14.6. The van der Waals surface area contributed by atoms with Gasteiger partial charge in [0.05, 0.1) is 0 Å². The molecule has 0 saturated heterocycles. The van der Waals surface area contributed by atoms with Crippen molar-refractivity contribution in [3.8, 4) is 0 Å². The molecule has 0 aliphatic rings. The first-order chi connectivity index (χ1) is 11.1. The van der Waals surface area contributed by atoms with Gasteiger partial charge in [0, 0.05) is 22.0 Å². The molecular weight excluding hydrogens is 352 g/mol. The summed E-state index contributed by atoms with van der Waals surface area (Å²) in [5.74, 6) is 1.31. The van der Waals surface area contributed by atoms with E-state index in [-0.39, 0.29) is 0 Å². The number of nitrogens with one attached hydrogen (secondary N) is 2. The van der Waals surface area contributed by atoms with Gasteiger partial charge in [0.15, 0.2) is 0 Å². The molecule has 2 N–H and O–H groups in total. The highest BCUT2D eigenvalue weighted by molar-refractivity contribution is 9.10. The van der Waals surface area contributed by atoms with Gasteiger partial charge in [0.25, 0.3) is 0 Å². The highest BCUT2D eigenvalue weighted by Crippen LogP contribution is 2.23. The summed E-state index contributed by atoms with van der Waals surface area (Å²) < 4.78 is 1.05. The van der Waals surface area contributed by atoms with E-state index in [0.717, 1.165) is 21.7 Å². The third-order valence-electron chi connectivity index (χ3n) is 3.49. The highest BCUT2D eigenvalue weighted by Gasteiger charge is 2.03. The van der Waals surface area contributed by atoms with Crippen LogP contribution in [0.5, 0.6) is 0 Å². The van der Waals surface area contributed by atoms with Crippen LogP contribution in [-0.2, 0) is 0 Å². The van der Waals surface area contributed by atoms with Gasteiger partial charge in [0.1, 0.15) is 5.82 Å². The van der Waals surface area contributed by atoms with Crippen LogP contribution >= 0.6 is 15.9 Å². The van der Waals surface area contributed by atoms with Crippen molar-refractivity contribution < 1.29 is 0 Å². The van der Waals surface area contributed by atoms with Crippen LogP contribution in [0.4, 0.5) is 23.1 Å². The van der Waals surface area contributed by atoms with E-state index in [4.69, 9.17) is 0 Å². The van der Waals surface area contributed by atoms with Crippen molar-refractivity contribution in [3.05, 3.63) is 70.3 Å².